The Balaban J connectivity index is 2.11. The first-order chi connectivity index (χ1) is 9.63. The third-order valence-corrected chi connectivity index (χ3v) is 2.70. The molecular formula is C10H10N6O4. The van der Waals surface area contributed by atoms with Crippen LogP contribution in [0.4, 0.5) is 16.7 Å². The van der Waals surface area contributed by atoms with Gasteiger partial charge in [-0.25, -0.2) is 9.59 Å². The van der Waals surface area contributed by atoms with Crippen molar-refractivity contribution in [2.24, 2.45) is 0 Å². The van der Waals surface area contributed by atoms with Gasteiger partial charge in [0, 0.05) is 13.1 Å². The average molecular weight is 278 g/mol. The second kappa shape index (κ2) is 4.64. The molecule has 0 spiro atoms. The second-order valence-electron chi connectivity index (χ2n) is 4.05. The molecule has 2 aromatic heterocycles. The molecule has 0 saturated carbocycles. The molecule has 0 bridgehead atoms. The summed E-state index contributed by atoms with van der Waals surface area (Å²) in [5.41, 5.74) is 0. The molecule has 2 aromatic rings. The van der Waals surface area contributed by atoms with Gasteiger partial charge in [0.1, 0.15) is 0 Å². The van der Waals surface area contributed by atoms with Crippen LogP contribution >= 0.6 is 0 Å². The van der Waals surface area contributed by atoms with E-state index in [0.29, 0.717) is 13.1 Å². The van der Waals surface area contributed by atoms with Gasteiger partial charge < -0.3 is 14.5 Å². The molecule has 10 nitrogen and oxygen atoms in total. The molecule has 2 N–H and O–H groups in total. The predicted molar refractivity (Wildman–Crippen MR) is 66.9 cm³/mol. The van der Waals surface area contributed by atoms with Crippen LogP contribution in [0.25, 0.3) is 5.78 Å². The molecule has 3 heterocycles. The van der Waals surface area contributed by atoms with Gasteiger partial charge in [-0.2, -0.15) is 9.97 Å². The number of amides is 1. The van der Waals surface area contributed by atoms with Crippen LogP contribution in [0.3, 0.4) is 0 Å². The highest BCUT2D eigenvalue weighted by atomic mass is 16.5. The van der Waals surface area contributed by atoms with Crippen LogP contribution in [0.5, 0.6) is 0 Å². The summed E-state index contributed by atoms with van der Waals surface area (Å²) in [7, 11) is 0. The zero-order valence-corrected chi connectivity index (χ0v) is 10.2. The van der Waals surface area contributed by atoms with Crippen LogP contribution in [0.1, 0.15) is 6.42 Å². The van der Waals surface area contributed by atoms with Gasteiger partial charge in [-0.1, -0.05) is 16.7 Å². The summed E-state index contributed by atoms with van der Waals surface area (Å²) in [4.78, 5) is 35.4. The molecule has 0 atom stereocenters. The van der Waals surface area contributed by atoms with E-state index in [1.807, 2.05) is 17.1 Å². The van der Waals surface area contributed by atoms with Gasteiger partial charge in [-0.3, -0.25) is 5.32 Å². The number of nitrogens with one attached hydrogen (secondary N) is 1. The van der Waals surface area contributed by atoms with Gasteiger partial charge >= 0.3 is 11.8 Å². The Hall–Kier alpha value is -2.91. The molecule has 3 rings (SSSR count). The van der Waals surface area contributed by atoms with E-state index >= 15 is 0 Å². The first-order valence-corrected chi connectivity index (χ1v) is 5.81. The minimum atomic E-state index is -1.33. The summed E-state index contributed by atoms with van der Waals surface area (Å²) in [6.45, 7) is 1.30. The largest absolute Gasteiger partial charge is 0.465 e. The van der Waals surface area contributed by atoms with E-state index in [0.717, 1.165) is 11.0 Å². The van der Waals surface area contributed by atoms with Crippen molar-refractivity contribution in [1.82, 2.24) is 19.5 Å². The standard InChI is InChI=1S/C10H10N6O4/c17-9(18)13-7-11-6(15-4-2-1-3-5-15)12-8-14-10(19)20-16(7)8/h1-2H,3-5H2,(H,17,18)(H,11,12,13,14,19). The summed E-state index contributed by atoms with van der Waals surface area (Å²) >= 11 is 0. The Morgan fingerprint density at radius 3 is 2.90 bits per heavy atom. The minimum absolute atomic E-state index is 0.0432. The van der Waals surface area contributed by atoms with Gasteiger partial charge in [0.2, 0.25) is 5.95 Å². The Morgan fingerprint density at radius 1 is 1.35 bits per heavy atom. The highest BCUT2D eigenvalue weighted by Gasteiger charge is 2.18. The predicted octanol–water partition coefficient (Wildman–Crippen LogP) is -0.0663. The van der Waals surface area contributed by atoms with E-state index < -0.39 is 11.8 Å². The Labute approximate surface area is 111 Å². The summed E-state index contributed by atoms with van der Waals surface area (Å²) in [6.07, 6.45) is 3.50. The molecule has 10 heteroatoms. The average Bonchev–Trinajstić information content (AvgIpc) is 2.80. The monoisotopic (exact) mass is 278 g/mol. The minimum Gasteiger partial charge on any atom is -0.465 e. The molecule has 1 aliphatic heterocycles. The summed E-state index contributed by atoms with van der Waals surface area (Å²) in [6, 6.07) is 0. The number of anilines is 2. The summed E-state index contributed by atoms with van der Waals surface area (Å²) < 4.78 is 5.56. The molecule has 0 aromatic carbocycles. The maximum Gasteiger partial charge on any atom is 0.462 e. The lowest BCUT2D eigenvalue weighted by molar-refractivity contribution is 0.209. The van der Waals surface area contributed by atoms with Crippen molar-refractivity contribution < 1.29 is 14.4 Å². The van der Waals surface area contributed by atoms with E-state index in [2.05, 4.69) is 20.3 Å². The number of fused-ring (bicyclic) bond motifs is 1. The van der Waals surface area contributed by atoms with Crippen LogP contribution in [-0.4, -0.2) is 43.8 Å². The maximum atomic E-state index is 11.1. The molecule has 0 fully saturated rings. The number of carbonyl (C=O) groups is 1. The van der Waals surface area contributed by atoms with Crippen molar-refractivity contribution in [3.8, 4) is 0 Å². The number of carboxylic acid groups (broad SMARTS) is 1. The van der Waals surface area contributed by atoms with Crippen LogP contribution in [0, 0.1) is 0 Å². The number of rotatable bonds is 2. The third-order valence-electron chi connectivity index (χ3n) is 2.70. The second-order valence-corrected chi connectivity index (χ2v) is 4.05. The number of aromatic nitrogens is 4. The topological polar surface area (TPSA) is 126 Å². The first kappa shape index (κ1) is 12.1. The van der Waals surface area contributed by atoms with E-state index in [9.17, 15) is 9.59 Å². The highest BCUT2D eigenvalue weighted by molar-refractivity contribution is 5.80. The van der Waals surface area contributed by atoms with Crippen LogP contribution in [0.2, 0.25) is 0 Å². The normalized spacial score (nSPS) is 14.7. The lowest BCUT2D eigenvalue weighted by atomic mass is 10.3. The Bertz CT molecular complexity index is 748. The highest BCUT2D eigenvalue weighted by Crippen LogP contribution is 2.15. The van der Waals surface area contributed by atoms with Crippen LogP contribution < -0.4 is 16.0 Å². The molecule has 0 saturated heterocycles. The molecule has 20 heavy (non-hydrogen) atoms. The SMILES string of the molecule is O=C(O)Nc1nc(N2CC=CCC2)nc2nc(=O)on12. The fraction of sp³-hybridized carbons (Fsp3) is 0.300. The fourth-order valence-corrected chi connectivity index (χ4v) is 1.87. The summed E-state index contributed by atoms with van der Waals surface area (Å²) in [5.74, 6) is -0.796. The lowest BCUT2D eigenvalue weighted by Gasteiger charge is -2.23. The van der Waals surface area contributed by atoms with E-state index in [1.54, 1.807) is 0 Å². The summed E-state index contributed by atoms with van der Waals surface area (Å²) in [5, 5.41) is 10.8. The Kier molecular flexibility index (Phi) is 2.82. The molecular weight excluding hydrogens is 268 g/mol. The van der Waals surface area contributed by atoms with Gasteiger partial charge in [-0.15, -0.1) is 4.98 Å². The zero-order chi connectivity index (χ0) is 14.1. The zero-order valence-electron chi connectivity index (χ0n) is 10.2. The van der Waals surface area contributed by atoms with Gasteiger partial charge in [0.05, 0.1) is 0 Å². The molecule has 1 aliphatic rings. The number of hydrogen-bond acceptors (Lipinski definition) is 7. The van der Waals surface area contributed by atoms with Gasteiger partial charge in [-0.05, 0) is 6.42 Å². The van der Waals surface area contributed by atoms with Gasteiger partial charge in [0.25, 0.3) is 11.7 Å². The molecule has 104 valence electrons. The molecule has 0 aliphatic carbocycles. The smallest absolute Gasteiger partial charge is 0.462 e. The molecule has 0 radical (unpaired) electrons. The van der Waals surface area contributed by atoms with E-state index in [1.165, 1.54) is 0 Å². The van der Waals surface area contributed by atoms with E-state index in [4.69, 9.17) is 9.63 Å². The van der Waals surface area contributed by atoms with Crippen molar-refractivity contribution in [2.75, 3.05) is 23.3 Å². The quantitative estimate of drug-likeness (QED) is 0.731. The van der Waals surface area contributed by atoms with Crippen molar-refractivity contribution in [2.45, 2.75) is 6.42 Å². The van der Waals surface area contributed by atoms with Crippen LogP contribution in [-0.2, 0) is 0 Å². The van der Waals surface area contributed by atoms with Crippen LogP contribution in [0.15, 0.2) is 21.5 Å². The first-order valence-electron chi connectivity index (χ1n) is 5.81. The maximum absolute atomic E-state index is 11.1. The van der Waals surface area contributed by atoms with Crippen molar-refractivity contribution in [1.29, 1.82) is 0 Å². The fourth-order valence-electron chi connectivity index (χ4n) is 1.87. The van der Waals surface area contributed by atoms with Gasteiger partial charge in [0.15, 0.2) is 0 Å². The van der Waals surface area contributed by atoms with Crippen molar-refractivity contribution >= 4 is 23.8 Å². The number of hydrogen-bond donors (Lipinski definition) is 2. The number of nitrogens with zero attached hydrogens (tertiary/aromatic N) is 5. The molecule has 1 amide bonds. The van der Waals surface area contributed by atoms with E-state index in [-0.39, 0.29) is 17.7 Å². The third kappa shape index (κ3) is 2.18. The van der Waals surface area contributed by atoms with Crippen molar-refractivity contribution in [3.05, 3.63) is 22.7 Å². The molecule has 0 unspecified atom stereocenters. The lowest BCUT2D eigenvalue weighted by Crippen LogP contribution is -2.29. The van der Waals surface area contributed by atoms with Crippen molar-refractivity contribution in [3.63, 3.8) is 0 Å². The Morgan fingerprint density at radius 2 is 2.20 bits per heavy atom.